The van der Waals surface area contributed by atoms with Crippen LogP contribution in [0.3, 0.4) is 0 Å². The molecule has 1 atom stereocenters. The van der Waals surface area contributed by atoms with Crippen molar-refractivity contribution in [3.63, 3.8) is 0 Å². The minimum absolute atomic E-state index is 0.428. The van der Waals surface area contributed by atoms with Crippen molar-refractivity contribution in [3.8, 4) is 0 Å². The number of hydrogen-bond donors (Lipinski definition) is 2. The lowest BCUT2D eigenvalue weighted by Gasteiger charge is -2.23. The number of anilines is 1. The lowest BCUT2D eigenvalue weighted by atomic mass is 9.99. The van der Waals surface area contributed by atoms with Crippen molar-refractivity contribution >= 4 is 33.1 Å². The maximum Gasteiger partial charge on any atom is 0.126 e. The van der Waals surface area contributed by atoms with Gasteiger partial charge in [-0.3, -0.25) is 0 Å². The van der Waals surface area contributed by atoms with Gasteiger partial charge in [-0.25, -0.2) is 4.98 Å². The molecule has 0 bridgehead atoms. The van der Waals surface area contributed by atoms with Crippen LogP contribution in [0.1, 0.15) is 18.1 Å². The van der Waals surface area contributed by atoms with Gasteiger partial charge in [-0.1, -0.05) is 0 Å². The highest BCUT2D eigenvalue weighted by Gasteiger charge is 2.23. The van der Waals surface area contributed by atoms with Crippen molar-refractivity contribution in [1.29, 1.82) is 0 Å². The molecule has 2 rings (SSSR count). The van der Waals surface area contributed by atoms with Gasteiger partial charge >= 0.3 is 0 Å². The fourth-order valence-corrected chi connectivity index (χ4v) is 2.57. The molecule has 2 aromatic heterocycles. The van der Waals surface area contributed by atoms with Crippen molar-refractivity contribution in [2.75, 3.05) is 11.9 Å². The summed E-state index contributed by atoms with van der Waals surface area (Å²) in [5.74, 6) is 0.770. The average Bonchev–Trinajstić information content (AvgIpc) is 2.85. The second-order valence-electron chi connectivity index (χ2n) is 4.46. The highest BCUT2D eigenvalue weighted by atomic mass is 79.9. The molecule has 3 nitrogen and oxygen atoms in total. The Labute approximate surface area is 119 Å². The number of thiophene rings is 1. The molecule has 0 aliphatic carbocycles. The number of aryl methyl sites for hydroxylation is 1. The summed E-state index contributed by atoms with van der Waals surface area (Å²) in [7, 11) is 0. The Morgan fingerprint density at radius 3 is 2.94 bits per heavy atom. The van der Waals surface area contributed by atoms with Crippen LogP contribution in [0.25, 0.3) is 0 Å². The van der Waals surface area contributed by atoms with Crippen LogP contribution in [0.2, 0.25) is 0 Å². The van der Waals surface area contributed by atoms with Gasteiger partial charge < -0.3 is 10.4 Å². The van der Waals surface area contributed by atoms with E-state index in [9.17, 15) is 5.11 Å². The maximum atomic E-state index is 10.4. The van der Waals surface area contributed by atoms with Crippen molar-refractivity contribution < 1.29 is 5.11 Å². The van der Waals surface area contributed by atoms with E-state index >= 15 is 0 Å². The van der Waals surface area contributed by atoms with Crippen molar-refractivity contribution in [1.82, 2.24) is 4.98 Å². The predicted octanol–water partition coefficient (Wildman–Crippen LogP) is 3.53. The summed E-state index contributed by atoms with van der Waals surface area (Å²) < 4.78 is 0.984. The van der Waals surface area contributed by atoms with Crippen LogP contribution in [0.5, 0.6) is 0 Å². The number of nitrogens with one attached hydrogen (secondary N) is 1. The summed E-state index contributed by atoms with van der Waals surface area (Å²) in [6.07, 6.45) is 1.76. The SMILES string of the molecule is Cc1cc(NCC(C)(O)c2ccsc2)ncc1Br. The van der Waals surface area contributed by atoms with Crippen molar-refractivity contribution in [3.05, 3.63) is 44.7 Å². The second-order valence-corrected chi connectivity index (χ2v) is 6.09. The van der Waals surface area contributed by atoms with Crippen LogP contribution in [0, 0.1) is 6.92 Å². The lowest BCUT2D eigenvalue weighted by molar-refractivity contribution is 0.0719. The molecule has 0 fully saturated rings. The number of hydrogen-bond acceptors (Lipinski definition) is 4. The standard InChI is InChI=1S/C13H15BrN2OS/c1-9-5-12(15-6-11(9)14)16-8-13(2,17)10-3-4-18-7-10/h3-7,17H,8H2,1-2H3,(H,15,16). The number of halogens is 1. The third-order valence-corrected chi connectivity index (χ3v) is 4.32. The topological polar surface area (TPSA) is 45.1 Å². The molecular weight excluding hydrogens is 312 g/mol. The van der Waals surface area contributed by atoms with Gasteiger partial charge in [0.15, 0.2) is 0 Å². The summed E-state index contributed by atoms with van der Waals surface area (Å²) in [5.41, 5.74) is 1.15. The molecular formula is C13H15BrN2OS. The average molecular weight is 327 g/mol. The van der Waals surface area contributed by atoms with Gasteiger partial charge in [-0.2, -0.15) is 11.3 Å². The van der Waals surface area contributed by atoms with Gasteiger partial charge in [0.2, 0.25) is 0 Å². The van der Waals surface area contributed by atoms with E-state index in [0.29, 0.717) is 6.54 Å². The van der Waals surface area contributed by atoms with Crippen LogP contribution in [-0.4, -0.2) is 16.6 Å². The van der Waals surface area contributed by atoms with Gasteiger partial charge in [0.1, 0.15) is 11.4 Å². The summed E-state index contributed by atoms with van der Waals surface area (Å²) in [5, 5.41) is 17.5. The first-order valence-corrected chi connectivity index (χ1v) is 7.34. The molecule has 96 valence electrons. The number of rotatable bonds is 4. The lowest BCUT2D eigenvalue weighted by Crippen LogP contribution is -2.30. The first kappa shape index (κ1) is 13.5. The highest BCUT2D eigenvalue weighted by Crippen LogP contribution is 2.24. The van der Waals surface area contributed by atoms with Gasteiger partial charge in [0.25, 0.3) is 0 Å². The minimum atomic E-state index is -0.886. The Balaban J connectivity index is 2.05. The third-order valence-electron chi connectivity index (χ3n) is 2.80. The molecule has 0 aliphatic rings. The summed E-state index contributed by atoms with van der Waals surface area (Å²) in [4.78, 5) is 4.26. The molecule has 5 heteroatoms. The van der Waals surface area contributed by atoms with E-state index in [1.165, 1.54) is 0 Å². The number of nitrogens with zero attached hydrogens (tertiary/aromatic N) is 1. The first-order valence-electron chi connectivity index (χ1n) is 5.60. The van der Waals surface area contributed by atoms with Crippen molar-refractivity contribution in [2.45, 2.75) is 19.4 Å². The quantitative estimate of drug-likeness (QED) is 0.903. The van der Waals surface area contributed by atoms with Crippen LogP contribution in [0.15, 0.2) is 33.6 Å². The van der Waals surface area contributed by atoms with E-state index in [2.05, 4.69) is 26.2 Å². The zero-order valence-corrected chi connectivity index (χ0v) is 12.7. The fraction of sp³-hybridized carbons (Fsp3) is 0.308. The monoisotopic (exact) mass is 326 g/mol. The van der Waals surface area contributed by atoms with Gasteiger partial charge in [-0.05, 0) is 63.8 Å². The number of pyridine rings is 1. The highest BCUT2D eigenvalue weighted by molar-refractivity contribution is 9.10. The molecule has 2 heterocycles. The Kier molecular flexibility index (Phi) is 4.04. The Morgan fingerprint density at radius 1 is 1.56 bits per heavy atom. The fourth-order valence-electron chi connectivity index (χ4n) is 1.57. The molecule has 1 unspecified atom stereocenters. The van der Waals surface area contributed by atoms with Gasteiger partial charge in [-0.15, -0.1) is 0 Å². The Hall–Kier alpha value is -0.910. The predicted molar refractivity (Wildman–Crippen MR) is 79.1 cm³/mol. The summed E-state index contributed by atoms with van der Waals surface area (Å²) in [6, 6.07) is 3.89. The normalized spacial score (nSPS) is 14.2. The van der Waals surface area contributed by atoms with Crippen LogP contribution < -0.4 is 5.32 Å². The molecule has 0 amide bonds. The minimum Gasteiger partial charge on any atom is -0.384 e. The largest absolute Gasteiger partial charge is 0.384 e. The smallest absolute Gasteiger partial charge is 0.126 e. The van der Waals surface area contributed by atoms with E-state index < -0.39 is 5.60 Å². The zero-order valence-electron chi connectivity index (χ0n) is 10.3. The third kappa shape index (κ3) is 3.10. The van der Waals surface area contributed by atoms with E-state index in [-0.39, 0.29) is 0 Å². The second kappa shape index (κ2) is 5.38. The maximum absolute atomic E-state index is 10.4. The van der Waals surface area contributed by atoms with E-state index in [4.69, 9.17) is 0 Å². The zero-order chi connectivity index (χ0) is 13.2. The molecule has 18 heavy (non-hydrogen) atoms. The molecule has 2 aromatic rings. The van der Waals surface area contributed by atoms with Gasteiger partial charge in [0, 0.05) is 17.2 Å². The van der Waals surface area contributed by atoms with E-state index in [1.54, 1.807) is 24.5 Å². The molecule has 0 saturated carbocycles. The molecule has 2 N–H and O–H groups in total. The Morgan fingerprint density at radius 2 is 2.33 bits per heavy atom. The number of aliphatic hydroxyl groups is 1. The van der Waals surface area contributed by atoms with Crippen LogP contribution in [0.4, 0.5) is 5.82 Å². The molecule has 0 saturated heterocycles. The van der Waals surface area contributed by atoms with E-state index in [1.807, 2.05) is 29.8 Å². The first-order chi connectivity index (χ1) is 8.49. The summed E-state index contributed by atoms with van der Waals surface area (Å²) >= 11 is 5.00. The summed E-state index contributed by atoms with van der Waals surface area (Å²) in [6.45, 7) is 4.24. The Bertz CT molecular complexity index is 526. The van der Waals surface area contributed by atoms with Gasteiger partial charge in [0.05, 0.1) is 0 Å². The van der Waals surface area contributed by atoms with E-state index in [0.717, 1.165) is 21.4 Å². The molecule has 0 spiro atoms. The number of aromatic nitrogens is 1. The van der Waals surface area contributed by atoms with Crippen molar-refractivity contribution in [2.24, 2.45) is 0 Å². The van der Waals surface area contributed by atoms with Crippen LogP contribution in [-0.2, 0) is 5.60 Å². The van der Waals surface area contributed by atoms with Crippen LogP contribution >= 0.6 is 27.3 Å². The molecule has 0 aromatic carbocycles. The molecule has 0 aliphatic heterocycles. The molecule has 0 radical (unpaired) electrons.